The molecule has 88 valence electrons. The summed E-state index contributed by atoms with van der Waals surface area (Å²) in [4.78, 5) is 12.3. The molecule has 1 aromatic carbocycles. The van der Waals surface area contributed by atoms with E-state index in [-0.39, 0.29) is 0 Å². The van der Waals surface area contributed by atoms with Crippen LogP contribution in [0.15, 0.2) is 55.1 Å². The summed E-state index contributed by atoms with van der Waals surface area (Å²) < 4.78 is 0. The highest BCUT2D eigenvalue weighted by Gasteiger charge is 2.12. The molecule has 0 saturated heterocycles. The van der Waals surface area contributed by atoms with Crippen LogP contribution >= 0.6 is 0 Å². The van der Waals surface area contributed by atoms with Crippen molar-refractivity contribution in [3.05, 3.63) is 66.4 Å². The van der Waals surface area contributed by atoms with Crippen molar-refractivity contribution in [1.29, 1.82) is 0 Å². The van der Waals surface area contributed by atoms with Gasteiger partial charge in [0.05, 0.1) is 17.4 Å². The highest BCUT2D eigenvalue weighted by atomic mass is 16.3. The Morgan fingerprint density at radius 3 is 2.78 bits per heavy atom. The Kier molecular flexibility index (Phi) is 2.70. The van der Waals surface area contributed by atoms with Crippen molar-refractivity contribution in [2.75, 3.05) is 0 Å². The molecule has 0 radical (unpaired) electrons. The molecule has 4 nitrogen and oxygen atoms in total. The smallest absolute Gasteiger partial charge is 0.123 e. The molecule has 0 bridgehead atoms. The third-order valence-electron chi connectivity index (χ3n) is 2.81. The van der Waals surface area contributed by atoms with E-state index in [1.54, 1.807) is 24.8 Å². The second kappa shape index (κ2) is 4.50. The van der Waals surface area contributed by atoms with Crippen molar-refractivity contribution in [1.82, 2.24) is 15.0 Å². The molecule has 1 atom stereocenters. The number of aliphatic hydroxyl groups is 1. The largest absolute Gasteiger partial charge is 0.382 e. The Hall–Kier alpha value is -2.33. The van der Waals surface area contributed by atoms with Crippen LogP contribution in [0, 0.1) is 0 Å². The normalized spacial score (nSPS) is 12.5. The zero-order valence-corrected chi connectivity index (χ0v) is 9.56. The van der Waals surface area contributed by atoms with Gasteiger partial charge >= 0.3 is 0 Å². The van der Waals surface area contributed by atoms with Gasteiger partial charge in [-0.05, 0) is 17.7 Å². The van der Waals surface area contributed by atoms with Crippen LogP contribution in [0.25, 0.3) is 10.9 Å². The summed E-state index contributed by atoms with van der Waals surface area (Å²) in [6.07, 6.45) is 5.68. The first-order chi connectivity index (χ1) is 8.84. The summed E-state index contributed by atoms with van der Waals surface area (Å²) in [5.74, 6) is 0. The second-order valence-corrected chi connectivity index (χ2v) is 3.99. The number of pyridine rings is 1. The van der Waals surface area contributed by atoms with Gasteiger partial charge in [0.2, 0.25) is 0 Å². The fraction of sp³-hybridized carbons (Fsp3) is 0.0714. The summed E-state index contributed by atoms with van der Waals surface area (Å²) in [5, 5.41) is 11.3. The molecule has 1 N–H and O–H groups in total. The maximum atomic E-state index is 10.2. The fourth-order valence-electron chi connectivity index (χ4n) is 1.88. The lowest BCUT2D eigenvalue weighted by Crippen LogP contribution is -2.02. The molecular weight excluding hydrogens is 226 g/mol. The van der Waals surface area contributed by atoms with Crippen LogP contribution in [0.3, 0.4) is 0 Å². The van der Waals surface area contributed by atoms with Crippen molar-refractivity contribution in [3.8, 4) is 0 Å². The molecule has 0 aliphatic heterocycles. The van der Waals surface area contributed by atoms with Gasteiger partial charge in [-0.25, -0.2) is 0 Å². The number of hydrogen-bond donors (Lipinski definition) is 1. The topological polar surface area (TPSA) is 58.9 Å². The Balaban J connectivity index is 2.04. The molecule has 0 amide bonds. The minimum absolute atomic E-state index is 0.535. The zero-order valence-electron chi connectivity index (χ0n) is 9.56. The first kappa shape index (κ1) is 10.8. The Bertz CT molecular complexity index is 670. The van der Waals surface area contributed by atoms with Crippen LogP contribution in [-0.2, 0) is 0 Å². The van der Waals surface area contributed by atoms with Gasteiger partial charge < -0.3 is 5.11 Å². The van der Waals surface area contributed by atoms with Crippen LogP contribution in [0.4, 0.5) is 0 Å². The summed E-state index contributed by atoms with van der Waals surface area (Å²) in [7, 11) is 0. The monoisotopic (exact) mass is 237 g/mol. The third-order valence-corrected chi connectivity index (χ3v) is 2.81. The predicted octanol–water partition coefficient (Wildman–Crippen LogP) is 2.11. The molecule has 0 aliphatic carbocycles. The van der Waals surface area contributed by atoms with Gasteiger partial charge in [0.25, 0.3) is 0 Å². The first-order valence-electron chi connectivity index (χ1n) is 5.63. The Morgan fingerprint density at radius 2 is 1.94 bits per heavy atom. The molecule has 2 heterocycles. The quantitative estimate of drug-likeness (QED) is 0.741. The summed E-state index contributed by atoms with van der Waals surface area (Å²) in [5.41, 5.74) is 2.16. The van der Waals surface area contributed by atoms with E-state index in [0.717, 1.165) is 16.5 Å². The molecule has 4 heteroatoms. The van der Waals surface area contributed by atoms with E-state index in [4.69, 9.17) is 0 Å². The van der Waals surface area contributed by atoms with Gasteiger partial charge in [-0.3, -0.25) is 15.0 Å². The molecule has 0 aliphatic rings. The minimum Gasteiger partial charge on any atom is -0.382 e. The van der Waals surface area contributed by atoms with Gasteiger partial charge in [0, 0.05) is 24.0 Å². The van der Waals surface area contributed by atoms with Crippen LogP contribution < -0.4 is 0 Å². The molecule has 0 spiro atoms. The van der Waals surface area contributed by atoms with Gasteiger partial charge in [-0.1, -0.05) is 18.2 Å². The van der Waals surface area contributed by atoms with Crippen LogP contribution in [-0.4, -0.2) is 20.1 Å². The lowest BCUT2D eigenvalue weighted by atomic mass is 10.0. The lowest BCUT2D eigenvalue weighted by Gasteiger charge is -2.10. The maximum Gasteiger partial charge on any atom is 0.123 e. The second-order valence-electron chi connectivity index (χ2n) is 3.99. The molecule has 18 heavy (non-hydrogen) atoms. The zero-order chi connectivity index (χ0) is 12.4. The van der Waals surface area contributed by atoms with E-state index in [2.05, 4.69) is 15.0 Å². The summed E-state index contributed by atoms with van der Waals surface area (Å²) >= 11 is 0. The Morgan fingerprint density at radius 1 is 1.00 bits per heavy atom. The van der Waals surface area contributed by atoms with Crippen molar-refractivity contribution >= 4 is 10.9 Å². The average molecular weight is 237 g/mol. The van der Waals surface area contributed by atoms with E-state index in [1.807, 2.05) is 30.3 Å². The summed E-state index contributed by atoms with van der Waals surface area (Å²) in [6, 6.07) is 9.57. The molecular formula is C14H11N3O. The number of fused-ring (bicyclic) bond motifs is 1. The van der Waals surface area contributed by atoms with E-state index >= 15 is 0 Å². The van der Waals surface area contributed by atoms with Crippen LogP contribution in [0.5, 0.6) is 0 Å². The van der Waals surface area contributed by atoms with E-state index in [1.165, 1.54) is 0 Å². The Labute approximate surface area is 104 Å². The van der Waals surface area contributed by atoms with Gasteiger partial charge in [0.15, 0.2) is 0 Å². The number of benzene rings is 1. The SMILES string of the molecule is OC(c1ccc2cccnc2c1)c1cnccn1. The van der Waals surface area contributed by atoms with Crippen molar-refractivity contribution in [2.24, 2.45) is 0 Å². The molecule has 3 rings (SSSR count). The van der Waals surface area contributed by atoms with E-state index in [9.17, 15) is 5.11 Å². The highest BCUT2D eigenvalue weighted by Crippen LogP contribution is 2.22. The molecule has 0 saturated carbocycles. The number of aromatic nitrogens is 3. The number of rotatable bonds is 2. The van der Waals surface area contributed by atoms with Crippen LogP contribution in [0.1, 0.15) is 17.4 Å². The van der Waals surface area contributed by atoms with Gasteiger partial charge in [0.1, 0.15) is 6.10 Å². The molecule has 0 fully saturated rings. The molecule has 3 aromatic rings. The third kappa shape index (κ3) is 1.94. The average Bonchev–Trinajstić information content (AvgIpc) is 2.47. The highest BCUT2D eigenvalue weighted by molar-refractivity contribution is 5.79. The first-order valence-corrected chi connectivity index (χ1v) is 5.63. The number of nitrogens with zero attached hydrogens (tertiary/aromatic N) is 3. The molecule has 2 aromatic heterocycles. The van der Waals surface area contributed by atoms with Crippen LogP contribution in [0.2, 0.25) is 0 Å². The van der Waals surface area contributed by atoms with Crippen molar-refractivity contribution in [3.63, 3.8) is 0 Å². The standard InChI is InChI=1S/C14H11N3O/c18-14(13-9-15-6-7-17-13)11-4-3-10-2-1-5-16-12(10)8-11/h1-9,14,18H. The van der Waals surface area contributed by atoms with Crippen molar-refractivity contribution < 1.29 is 5.11 Å². The molecule has 1 unspecified atom stereocenters. The lowest BCUT2D eigenvalue weighted by molar-refractivity contribution is 0.215. The predicted molar refractivity (Wildman–Crippen MR) is 67.8 cm³/mol. The number of hydrogen-bond acceptors (Lipinski definition) is 4. The van der Waals surface area contributed by atoms with Crippen molar-refractivity contribution in [2.45, 2.75) is 6.10 Å². The number of aliphatic hydroxyl groups excluding tert-OH is 1. The summed E-state index contributed by atoms with van der Waals surface area (Å²) in [6.45, 7) is 0. The fourth-order valence-corrected chi connectivity index (χ4v) is 1.88. The van der Waals surface area contributed by atoms with E-state index in [0.29, 0.717) is 5.69 Å². The van der Waals surface area contributed by atoms with E-state index < -0.39 is 6.10 Å². The van der Waals surface area contributed by atoms with Gasteiger partial charge in [-0.15, -0.1) is 0 Å². The van der Waals surface area contributed by atoms with Gasteiger partial charge in [-0.2, -0.15) is 0 Å². The maximum absolute atomic E-state index is 10.2. The minimum atomic E-state index is -0.773.